The summed E-state index contributed by atoms with van der Waals surface area (Å²) in [6.07, 6.45) is 20.6. The van der Waals surface area contributed by atoms with E-state index < -0.39 is 0 Å². The molecule has 0 spiro atoms. The molecule has 0 aliphatic heterocycles. The Morgan fingerprint density at radius 1 is 0.690 bits per heavy atom. The van der Waals surface area contributed by atoms with E-state index in [-0.39, 0.29) is 5.78 Å². The van der Waals surface area contributed by atoms with Crippen LogP contribution in [0.15, 0.2) is 18.2 Å². The first-order chi connectivity index (χ1) is 14.2. The molecule has 1 rings (SSSR count). The van der Waals surface area contributed by atoms with Crippen LogP contribution in [0.2, 0.25) is 0 Å². The van der Waals surface area contributed by atoms with Crippen LogP contribution in [0.3, 0.4) is 0 Å². The van der Waals surface area contributed by atoms with Crippen molar-refractivity contribution in [1.29, 1.82) is 0 Å². The molecule has 0 aromatic heterocycles. The van der Waals surface area contributed by atoms with Crippen molar-refractivity contribution in [3.8, 4) is 11.5 Å². The van der Waals surface area contributed by atoms with Crippen LogP contribution in [0, 0.1) is 0 Å². The number of hydrogen-bond donors (Lipinski definition) is 0. The topological polar surface area (TPSA) is 35.5 Å². The van der Waals surface area contributed by atoms with Gasteiger partial charge in [0.1, 0.15) is 11.5 Å². The standard InChI is InChI=1S/C26H44O3/c1-4-5-6-7-8-9-10-11-12-13-14-15-16-17-18-19-25(27)24-22-23(28-2)20-21-26(24)29-3/h20-22H,4-19H2,1-3H3. The fraction of sp³-hybridized carbons (Fsp3) is 0.731. The highest BCUT2D eigenvalue weighted by molar-refractivity contribution is 5.99. The van der Waals surface area contributed by atoms with Crippen molar-refractivity contribution >= 4 is 5.78 Å². The molecule has 3 heteroatoms. The smallest absolute Gasteiger partial charge is 0.166 e. The zero-order chi connectivity index (χ0) is 21.2. The molecule has 0 bridgehead atoms. The lowest BCUT2D eigenvalue weighted by Crippen LogP contribution is -2.03. The van der Waals surface area contributed by atoms with Crippen LogP contribution in [0.1, 0.15) is 120 Å². The Bertz CT molecular complexity index is 539. The molecule has 1 aromatic carbocycles. The molecular formula is C26H44O3. The highest BCUT2D eigenvalue weighted by atomic mass is 16.5. The average molecular weight is 405 g/mol. The van der Waals surface area contributed by atoms with Gasteiger partial charge in [-0.25, -0.2) is 0 Å². The molecule has 0 N–H and O–H groups in total. The molecule has 3 nitrogen and oxygen atoms in total. The summed E-state index contributed by atoms with van der Waals surface area (Å²) < 4.78 is 10.5. The quantitative estimate of drug-likeness (QED) is 0.172. The Balaban J connectivity index is 1.99. The maximum Gasteiger partial charge on any atom is 0.166 e. The summed E-state index contributed by atoms with van der Waals surface area (Å²) in [5, 5.41) is 0. The fourth-order valence-electron chi connectivity index (χ4n) is 3.82. The first-order valence-corrected chi connectivity index (χ1v) is 12.0. The number of unbranched alkanes of at least 4 members (excludes halogenated alkanes) is 14. The van der Waals surface area contributed by atoms with Gasteiger partial charge in [0.15, 0.2) is 5.78 Å². The van der Waals surface area contributed by atoms with Crippen molar-refractivity contribution in [1.82, 2.24) is 0 Å². The summed E-state index contributed by atoms with van der Waals surface area (Å²) in [4.78, 5) is 12.5. The number of ether oxygens (including phenoxy) is 2. The Morgan fingerprint density at radius 2 is 1.17 bits per heavy atom. The number of rotatable bonds is 19. The van der Waals surface area contributed by atoms with E-state index in [9.17, 15) is 4.79 Å². The number of carbonyl (C=O) groups excluding carboxylic acids is 1. The lowest BCUT2D eigenvalue weighted by Gasteiger charge is -2.09. The molecule has 0 unspecified atom stereocenters. The number of hydrogen-bond acceptors (Lipinski definition) is 3. The minimum Gasteiger partial charge on any atom is -0.497 e. The average Bonchev–Trinajstić information content (AvgIpc) is 2.75. The number of benzene rings is 1. The number of carbonyl (C=O) groups is 1. The zero-order valence-electron chi connectivity index (χ0n) is 19.3. The van der Waals surface area contributed by atoms with Crippen LogP contribution in [0.4, 0.5) is 0 Å². The van der Waals surface area contributed by atoms with Gasteiger partial charge in [-0.2, -0.15) is 0 Å². The van der Waals surface area contributed by atoms with Crippen LogP contribution < -0.4 is 9.47 Å². The SMILES string of the molecule is CCCCCCCCCCCCCCCCCC(=O)c1cc(OC)ccc1OC. The monoisotopic (exact) mass is 404 g/mol. The molecule has 166 valence electrons. The zero-order valence-corrected chi connectivity index (χ0v) is 19.3. The van der Waals surface area contributed by atoms with E-state index in [2.05, 4.69) is 6.92 Å². The van der Waals surface area contributed by atoms with Gasteiger partial charge >= 0.3 is 0 Å². The summed E-state index contributed by atoms with van der Waals surface area (Å²) in [7, 11) is 3.22. The first kappa shape index (κ1) is 25.5. The second-order valence-electron chi connectivity index (χ2n) is 8.19. The highest BCUT2D eigenvalue weighted by Gasteiger charge is 2.13. The lowest BCUT2D eigenvalue weighted by molar-refractivity contribution is 0.0975. The van der Waals surface area contributed by atoms with Crippen molar-refractivity contribution < 1.29 is 14.3 Å². The van der Waals surface area contributed by atoms with Crippen molar-refractivity contribution in [2.45, 2.75) is 110 Å². The molecule has 0 atom stereocenters. The Labute approximate surface area is 179 Å². The Morgan fingerprint density at radius 3 is 1.62 bits per heavy atom. The third-order valence-electron chi connectivity index (χ3n) is 5.71. The second kappa shape index (κ2) is 17.4. The lowest BCUT2D eigenvalue weighted by atomic mass is 10.0. The van der Waals surface area contributed by atoms with E-state index in [1.165, 1.54) is 83.5 Å². The molecule has 0 saturated heterocycles. The van der Waals surface area contributed by atoms with Gasteiger partial charge in [0.2, 0.25) is 0 Å². The van der Waals surface area contributed by atoms with Crippen LogP contribution in [0.5, 0.6) is 11.5 Å². The Kier molecular flexibility index (Phi) is 15.3. The number of methoxy groups -OCH3 is 2. The molecule has 0 heterocycles. The summed E-state index contributed by atoms with van der Waals surface area (Å²) in [6, 6.07) is 5.41. The third-order valence-corrected chi connectivity index (χ3v) is 5.71. The molecule has 1 aromatic rings. The van der Waals surface area contributed by atoms with Gasteiger partial charge < -0.3 is 9.47 Å². The summed E-state index contributed by atoms with van der Waals surface area (Å²) in [5.74, 6) is 1.48. The molecule has 0 aliphatic carbocycles. The summed E-state index contributed by atoms with van der Waals surface area (Å²) in [6.45, 7) is 2.28. The van der Waals surface area contributed by atoms with Gasteiger partial charge in [0.25, 0.3) is 0 Å². The van der Waals surface area contributed by atoms with Crippen molar-refractivity contribution in [2.24, 2.45) is 0 Å². The van der Waals surface area contributed by atoms with E-state index in [1.807, 2.05) is 6.07 Å². The molecule has 0 radical (unpaired) electrons. The molecule has 29 heavy (non-hydrogen) atoms. The summed E-state index contributed by atoms with van der Waals surface area (Å²) >= 11 is 0. The van der Waals surface area contributed by atoms with Gasteiger partial charge in [-0.1, -0.05) is 96.8 Å². The Hall–Kier alpha value is -1.51. The predicted octanol–water partition coefficient (Wildman–Crippen LogP) is 8.15. The van der Waals surface area contributed by atoms with E-state index >= 15 is 0 Å². The largest absolute Gasteiger partial charge is 0.497 e. The van der Waals surface area contributed by atoms with Crippen molar-refractivity contribution in [3.63, 3.8) is 0 Å². The van der Waals surface area contributed by atoms with Crippen LogP contribution in [0.25, 0.3) is 0 Å². The van der Waals surface area contributed by atoms with Crippen molar-refractivity contribution in [2.75, 3.05) is 14.2 Å². The van der Waals surface area contributed by atoms with Crippen LogP contribution in [-0.2, 0) is 0 Å². The van der Waals surface area contributed by atoms with E-state index in [0.29, 0.717) is 23.5 Å². The van der Waals surface area contributed by atoms with Gasteiger partial charge in [0, 0.05) is 6.42 Å². The molecule has 0 fully saturated rings. The van der Waals surface area contributed by atoms with Gasteiger partial charge in [-0.3, -0.25) is 4.79 Å². The second-order valence-corrected chi connectivity index (χ2v) is 8.19. The number of ketones is 1. The maximum absolute atomic E-state index is 12.5. The minimum absolute atomic E-state index is 0.149. The van der Waals surface area contributed by atoms with Crippen molar-refractivity contribution in [3.05, 3.63) is 23.8 Å². The van der Waals surface area contributed by atoms with E-state index in [0.717, 1.165) is 12.8 Å². The van der Waals surface area contributed by atoms with Gasteiger partial charge in [-0.15, -0.1) is 0 Å². The maximum atomic E-state index is 12.5. The van der Waals surface area contributed by atoms with Gasteiger partial charge in [-0.05, 0) is 24.6 Å². The number of Topliss-reactive ketones (excluding diaryl/α,β-unsaturated/α-hetero) is 1. The minimum atomic E-state index is 0.149. The third kappa shape index (κ3) is 11.9. The summed E-state index contributed by atoms with van der Waals surface area (Å²) in [5.41, 5.74) is 0.636. The van der Waals surface area contributed by atoms with Gasteiger partial charge in [0.05, 0.1) is 19.8 Å². The fourth-order valence-corrected chi connectivity index (χ4v) is 3.82. The van der Waals surface area contributed by atoms with E-state index in [4.69, 9.17) is 9.47 Å². The molecule has 0 aliphatic rings. The van der Waals surface area contributed by atoms with Crippen LogP contribution in [-0.4, -0.2) is 20.0 Å². The molecule has 0 amide bonds. The molecular weight excluding hydrogens is 360 g/mol. The molecule has 0 saturated carbocycles. The normalized spacial score (nSPS) is 10.9. The highest BCUT2D eigenvalue weighted by Crippen LogP contribution is 2.26. The van der Waals surface area contributed by atoms with Crippen LogP contribution >= 0.6 is 0 Å². The predicted molar refractivity (Wildman–Crippen MR) is 123 cm³/mol. The van der Waals surface area contributed by atoms with E-state index in [1.54, 1.807) is 26.4 Å². The first-order valence-electron chi connectivity index (χ1n) is 12.0.